The highest BCUT2D eigenvalue weighted by Gasteiger charge is 2.39. The van der Waals surface area contributed by atoms with E-state index in [9.17, 15) is 28.1 Å². The molecule has 1 rings (SSSR count). The van der Waals surface area contributed by atoms with Gasteiger partial charge in [0.15, 0.2) is 5.78 Å². The lowest BCUT2D eigenvalue weighted by Gasteiger charge is -2.09. The van der Waals surface area contributed by atoms with Crippen molar-refractivity contribution in [1.29, 1.82) is 0 Å². The summed E-state index contributed by atoms with van der Waals surface area (Å²) in [7, 11) is 0. The second-order valence-corrected chi connectivity index (χ2v) is 4.32. The number of nitrogens with zero attached hydrogens (tertiary/aromatic N) is 1. The highest BCUT2D eigenvalue weighted by molar-refractivity contribution is 14.1. The summed E-state index contributed by atoms with van der Waals surface area (Å²) < 4.78 is 37.8. The summed E-state index contributed by atoms with van der Waals surface area (Å²) in [5.41, 5.74) is -2.64. The van der Waals surface area contributed by atoms with Crippen LogP contribution < -0.4 is 0 Å². The van der Waals surface area contributed by atoms with Gasteiger partial charge >= 0.3 is 6.18 Å². The number of hydrogen-bond acceptors (Lipinski definition) is 3. The molecule has 0 N–H and O–H groups in total. The number of benzene rings is 1. The largest absolute Gasteiger partial charge is 0.423 e. The van der Waals surface area contributed by atoms with E-state index >= 15 is 0 Å². The molecule has 1 aromatic carbocycles. The Morgan fingerprint density at radius 1 is 1.41 bits per heavy atom. The van der Waals surface area contributed by atoms with E-state index in [2.05, 4.69) is 0 Å². The van der Waals surface area contributed by atoms with Gasteiger partial charge in [0, 0.05) is 15.2 Å². The van der Waals surface area contributed by atoms with Crippen molar-refractivity contribution in [1.82, 2.24) is 0 Å². The van der Waals surface area contributed by atoms with E-state index in [0.29, 0.717) is 6.07 Å². The van der Waals surface area contributed by atoms with E-state index < -0.39 is 28.1 Å². The zero-order chi connectivity index (χ0) is 13.4. The SMILES string of the molecule is CC(=O)c1cc(C(F)(F)F)c([N+](=O)[O-])cc1I. The molecule has 0 aromatic heterocycles. The van der Waals surface area contributed by atoms with Crippen molar-refractivity contribution in [2.45, 2.75) is 13.1 Å². The molecule has 0 aliphatic heterocycles. The van der Waals surface area contributed by atoms with Crippen LogP contribution >= 0.6 is 22.6 Å². The number of nitro benzene ring substituents is 1. The number of Topliss-reactive ketones (excluding diaryl/α,β-unsaturated/α-hetero) is 1. The Morgan fingerprint density at radius 2 is 1.94 bits per heavy atom. The van der Waals surface area contributed by atoms with Crippen molar-refractivity contribution >= 4 is 34.1 Å². The van der Waals surface area contributed by atoms with E-state index in [1.54, 1.807) is 22.6 Å². The first-order chi connectivity index (χ1) is 7.64. The van der Waals surface area contributed by atoms with Crippen molar-refractivity contribution in [2.24, 2.45) is 0 Å². The summed E-state index contributed by atoms with van der Waals surface area (Å²) >= 11 is 1.59. The fourth-order valence-corrected chi connectivity index (χ4v) is 2.04. The second-order valence-electron chi connectivity index (χ2n) is 3.16. The molecule has 0 saturated heterocycles. The Morgan fingerprint density at radius 3 is 2.29 bits per heavy atom. The predicted molar refractivity (Wildman–Crippen MR) is 60.8 cm³/mol. The molecule has 8 heteroatoms. The molecule has 92 valence electrons. The standard InChI is InChI=1S/C9H5F3INO3/c1-4(15)5-2-6(9(10,11)12)8(14(16)17)3-7(5)13/h2-3H,1H3. The fraction of sp³-hybridized carbons (Fsp3) is 0.222. The van der Waals surface area contributed by atoms with Crippen molar-refractivity contribution in [3.8, 4) is 0 Å². The van der Waals surface area contributed by atoms with E-state index in [1.165, 1.54) is 0 Å². The smallest absolute Gasteiger partial charge is 0.294 e. The lowest BCUT2D eigenvalue weighted by Crippen LogP contribution is -2.11. The minimum absolute atomic E-state index is 0.120. The molecule has 0 spiro atoms. The van der Waals surface area contributed by atoms with Gasteiger partial charge in [-0.05, 0) is 35.6 Å². The summed E-state index contributed by atoms with van der Waals surface area (Å²) in [5.74, 6) is -0.574. The van der Waals surface area contributed by atoms with Gasteiger partial charge in [0.2, 0.25) is 0 Å². The van der Waals surface area contributed by atoms with E-state index in [-0.39, 0.29) is 9.13 Å². The van der Waals surface area contributed by atoms with Crippen LogP contribution in [-0.4, -0.2) is 10.7 Å². The van der Waals surface area contributed by atoms with Gasteiger partial charge in [0.1, 0.15) is 5.56 Å². The summed E-state index contributed by atoms with van der Waals surface area (Å²) in [6.45, 7) is 1.10. The fourth-order valence-electron chi connectivity index (χ4n) is 1.21. The Balaban J connectivity index is 3.60. The zero-order valence-corrected chi connectivity index (χ0v) is 10.5. The summed E-state index contributed by atoms with van der Waals surface area (Å²) in [6.07, 6.45) is -4.86. The average Bonchev–Trinajstić information content (AvgIpc) is 2.14. The quantitative estimate of drug-likeness (QED) is 0.352. The van der Waals surface area contributed by atoms with Gasteiger partial charge < -0.3 is 0 Å². The Hall–Kier alpha value is -1.19. The molecule has 0 heterocycles. The van der Waals surface area contributed by atoms with E-state index in [4.69, 9.17) is 0 Å². The molecule has 0 bridgehead atoms. The first kappa shape index (κ1) is 13.9. The molecule has 0 aliphatic carbocycles. The second kappa shape index (κ2) is 4.59. The number of ketones is 1. The minimum Gasteiger partial charge on any atom is -0.294 e. The number of carbonyl (C=O) groups excluding carboxylic acids is 1. The molecule has 0 radical (unpaired) electrons. The molecular weight excluding hydrogens is 354 g/mol. The van der Waals surface area contributed by atoms with Gasteiger partial charge in [-0.15, -0.1) is 0 Å². The number of rotatable bonds is 2. The van der Waals surface area contributed by atoms with Crippen LogP contribution in [0.4, 0.5) is 18.9 Å². The maximum atomic E-state index is 12.6. The Bertz CT molecular complexity index is 499. The number of nitro groups is 1. The van der Waals surface area contributed by atoms with Crippen LogP contribution in [0.2, 0.25) is 0 Å². The van der Waals surface area contributed by atoms with Crippen LogP contribution in [0.1, 0.15) is 22.8 Å². The average molecular weight is 359 g/mol. The molecule has 4 nitrogen and oxygen atoms in total. The first-order valence-electron chi connectivity index (χ1n) is 4.20. The van der Waals surface area contributed by atoms with E-state index in [0.717, 1.165) is 13.0 Å². The third kappa shape index (κ3) is 2.93. The number of halogens is 4. The molecule has 0 unspecified atom stereocenters. The molecule has 0 saturated carbocycles. The van der Waals surface area contributed by atoms with Gasteiger partial charge in [0.05, 0.1) is 4.92 Å². The molecule has 0 amide bonds. The van der Waals surface area contributed by atoms with Gasteiger partial charge in [-0.25, -0.2) is 0 Å². The van der Waals surface area contributed by atoms with Crippen LogP contribution in [0.15, 0.2) is 12.1 Å². The monoisotopic (exact) mass is 359 g/mol. The molecule has 0 aliphatic rings. The van der Waals surface area contributed by atoms with Gasteiger partial charge in [-0.3, -0.25) is 14.9 Å². The summed E-state index contributed by atoms with van der Waals surface area (Å²) in [5, 5.41) is 10.5. The summed E-state index contributed by atoms with van der Waals surface area (Å²) in [6, 6.07) is 1.27. The van der Waals surface area contributed by atoms with Crippen molar-refractivity contribution < 1.29 is 22.9 Å². The number of carbonyl (C=O) groups is 1. The molecule has 1 aromatic rings. The third-order valence-corrected chi connectivity index (χ3v) is 2.86. The van der Waals surface area contributed by atoms with Gasteiger partial charge in [-0.2, -0.15) is 13.2 Å². The Kier molecular flexibility index (Phi) is 3.74. The topological polar surface area (TPSA) is 60.2 Å². The van der Waals surface area contributed by atoms with Crippen LogP contribution in [0.25, 0.3) is 0 Å². The Labute approximate surface area is 107 Å². The maximum absolute atomic E-state index is 12.6. The highest BCUT2D eigenvalue weighted by atomic mass is 127. The normalized spacial score (nSPS) is 11.4. The third-order valence-electron chi connectivity index (χ3n) is 1.97. The molecule has 0 atom stereocenters. The van der Waals surface area contributed by atoms with Crippen LogP contribution in [0, 0.1) is 13.7 Å². The zero-order valence-electron chi connectivity index (χ0n) is 8.34. The molecular formula is C9H5F3INO3. The lowest BCUT2D eigenvalue weighted by atomic mass is 10.1. The lowest BCUT2D eigenvalue weighted by molar-refractivity contribution is -0.388. The molecule has 17 heavy (non-hydrogen) atoms. The number of hydrogen-bond donors (Lipinski definition) is 0. The predicted octanol–water partition coefficient (Wildman–Crippen LogP) is 3.42. The number of alkyl halides is 3. The minimum atomic E-state index is -4.86. The van der Waals surface area contributed by atoms with Crippen LogP contribution in [-0.2, 0) is 6.18 Å². The van der Waals surface area contributed by atoms with Crippen molar-refractivity contribution in [3.05, 3.63) is 36.9 Å². The van der Waals surface area contributed by atoms with Gasteiger partial charge in [0.25, 0.3) is 5.69 Å². The highest BCUT2D eigenvalue weighted by Crippen LogP contribution is 2.38. The maximum Gasteiger partial charge on any atom is 0.423 e. The van der Waals surface area contributed by atoms with Crippen LogP contribution in [0.5, 0.6) is 0 Å². The van der Waals surface area contributed by atoms with Gasteiger partial charge in [-0.1, -0.05) is 0 Å². The van der Waals surface area contributed by atoms with Crippen LogP contribution in [0.3, 0.4) is 0 Å². The summed E-state index contributed by atoms with van der Waals surface area (Å²) in [4.78, 5) is 20.5. The van der Waals surface area contributed by atoms with E-state index in [1.807, 2.05) is 0 Å². The molecule has 0 fully saturated rings. The first-order valence-corrected chi connectivity index (χ1v) is 5.28. The van der Waals surface area contributed by atoms with Crippen molar-refractivity contribution in [3.63, 3.8) is 0 Å². The van der Waals surface area contributed by atoms with Crippen molar-refractivity contribution in [2.75, 3.05) is 0 Å².